The highest BCUT2D eigenvalue weighted by atomic mass is 16.5. The predicted octanol–water partition coefficient (Wildman–Crippen LogP) is 3.75. The van der Waals surface area contributed by atoms with Crippen LogP contribution in [0.4, 0.5) is 17.1 Å². The number of ether oxygens (including phenoxy) is 1. The van der Waals surface area contributed by atoms with E-state index >= 15 is 0 Å². The third-order valence-electron chi connectivity index (χ3n) is 8.51. The molecule has 3 aromatic carbocycles. The monoisotopic (exact) mass is 525 g/mol. The molecule has 0 aliphatic carbocycles. The molecule has 0 atom stereocenters. The summed E-state index contributed by atoms with van der Waals surface area (Å²) in [7, 11) is 0. The Bertz CT molecular complexity index is 1600. The number of anilines is 3. The molecular formula is C32H37N4O3+. The van der Waals surface area contributed by atoms with E-state index in [4.69, 9.17) is 4.74 Å². The smallest absolute Gasteiger partial charge is 0.336 e. The molecule has 6 rings (SSSR count). The second-order valence-electron chi connectivity index (χ2n) is 10.3. The first-order valence-corrected chi connectivity index (χ1v) is 14.2. The molecule has 0 aromatic heterocycles. The van der Waals surface area contributed by atoms with Crippen LogP contribution in [0, 0.1) is 0 Å². The molecule has 3 aliphatic rings. The van der Waals surface area contributed by atoms with Crippen LogP contribution < -0.4 is 34.6 Å². The standard InChI is InChI=1S/C32H36N4O3/c1-5-33-13-15-35(7-3)27-19-29-23(17-25(27)33)31(21-11-9-10-12-22(21)32(37)38)24-18-26-28(20-30(24)39-29)36(8-4)16-14-34(26)6-2/h9-12,17-20H,5-8,13-16H2,1-4H3/p+1. The summed E-state index contributed by atoms with van der Waals surface area (Å²) in [5.74, 6) is 0.626. The number of carbonyl (C=O) groups is 1. The molecule has 7 nitrogen and oxygen atoms in total. The van der Waals surface area contributed by atoms with Crippen molar-refractivity contribution >= 4 is 28.6 Å². The molecule has 3 aromatic rings. The first-order chi connectivity index (χ1) is 19.0. The topological polar surface area (TPSA) is 59.3 Å². The van der Waals surface area contributed by atoms with Gasteiger partial charge >= 0.3 is 5.97 Å². The number of hydrogen-bond donors (Lipinski definition) is 1. The highest BCUT2D eigenvalue weighted by molar-refractivity contribution is 5.99. The van der Waals surface area contributed by atoms with E-state index in [1.54, 1.807) is 12.1 Å². The number of carboxylic acid groups (broad SMARTS) is 1. The van der Waals surface area contributed by atoms with Crippen LogP contribution in [-0.2, 0) is 0 Å². The molecule has 0 saturated heterocycles. The van der Waals surface area contributed by atoms with Crippen molar-refractivity contribution in [3.05, 3.63) is 75.8 Å². The van der Waals surface area contributed by atoms with Gasteiger partial charge in [0.2, 0.25) is 5.36 Å². The third-order valence-corrected chi connectivity index (χ3v) is 8.51. The van der Waals surface area contributed by atoms with Crippen molar-refractivity contribution in [3.63, 3.8) is 0 Å². The van der Waals surface area contributed by atoms with Gasteiger partial charge in [-0.3, -0.25) is 0 Å². The molecule has 1 N–H and O–H groups in total. The van der Waals surface area contributed by atoms with E-state index in [0.717, 1.165) is 80.2 Å². The van der Waals surface area contributed by atoms with E-state index in [9.17, 15) is 9.90 Å². The van der Waals surface area contributed by atoms with Gasteiger partial charge in [0, 0.05) is 55.1 Å². The van der Waals surface area contributed by atoms with Crippen LogP contribution in [0.5, 0.6) is 11.5 Å². The van der Waals surface area contributed by atoms with Gasteiger partial charge in [0.1, 0.15) is 23.7 Å². The van der Waals surface area contributed by atoms with Crippen molar-refractivity contribution in [3.8, 4) is 11.5 Å². The number of fused-ring (bicyclic) bond motifs is 4. The average molecular weight is 526 g/mol. The fourth-order valence-electron chi connectivity index (χ4n) is 6.41. The minimum Gasteiger partial charge on any atom is -0.478 e. The maximum Gasteiger partial charge on any atom is 0.336 e. The van der Waals surface area contributed by atoms with Crippen molar-refractivity contribution in [2.75, 3.05) is 67.1 Å². The van der Waals surface area contributed by atoms with Gasteiger partial charge in [-0.15, -0.1) is 0 Å². The molecule has 7 heteroatoms. The summed E-state index contributed by atoms with van der Waals surface area (Å²) in [6, 6.07) is 16.1. The summed E-state index contributed by atoms with van der Waals surface area (Å²) in [4.78, 5) is 19.7. The number of nitrogens with zero attached hydrogens (tertiary/aromatic N) is 4. The van der Waals surface area contributed by atoms with Gasteiger partial charge in [0.25, 0.3) is 0 Å². The van der Waals surface area contributed by atoms with Gasteiger partial charge < -0.3 is 24.5 Å². The Morgan fingerprint density at radius 2 is 1.49 bits per heavy atom. The number of likely N-dealkylation sites (N-methyl/N-ethyl adjacent to an activating group) is 4. The number of benzene rings is 3. The zero-order valence-electron chi connectivity index (χ0n) is 23.3. The Labute approximate surface area is 229 Å². The molecule has 39 heavy (non-hydrogen) atoms. The molecule has 0 saturated carbocycles. The Kier molecular flexibility index (Phi) is 6.45. The lowest BCUT2D eigenvalue weighted by Crippen LogP contribution is -2.47. The lowest BCUT2D eigenvalue weighted by atomic mass is 9.88. The zero-order chi connectivity index (χ0) is 27.3. The maximum atomic E-state index is 12.4. The highest BCUT2D eigenvalue weighted by Gasteiger charge is 2.31. The quantitative estimate of drug-likeness (QED) is 0.387. The average Bonchev–Trinajstić information content (AvgIpc) is 2.96. The van der Waals surface area contributed by atoms with Crippen LogP contribution >= 0.6 is 0 Å². The summed E-state index contributed by atoms with van der Waals surface area (Å²) < 4.78 is 9.13. The van der Waals surface area contributed by atoms with Crippen molar-refractivity contribution in [2.45, 2.75) is 27.7 Å². The zero-order valence-corrected chi connectivity index (χ0v) is 23.3. The van der Waals surface area contributed by atoms with E-state index in [1.807, 2.05) is 12.1 Å². The molecule has 0 unspecified atom stereocenters. The number of hydrogen-bond acceptors (Lipinski definition) is 5. The van der Waals surface area contributed by atoms with Gasteiger partial charge in [-0.2, -0.15) is 0 Å². The van der Waals surface area contributed by atoms with E-state index in [-0.39, 0.29) is 0 Å². The van der Waals surface area contributed by atoms with Crippen LogP contribution in [0.1, 0.15) is 49.2 Å². The van der Waals surface area contributed by atoms with Crippen LogP contribution in [0.15, 0.2) is 48.5 Å². The van der Waals surface area contributed by atoms with Crippen molar-refractivity contribution in [1.29, 1.82) is 0 Å². The summed E-state index contributed by atoms with van der Waals surface area (Å²) in [5, 5.41) is 12.3. The van der Waals surface area contributed by atoms with Crippen LogP contribution in [0.3, 0.4) is 0 Å². The van der Waals surface area contributed by atoms with Crippen molar-refractivity contribution in [1.82, 2.24) is 4.58 Å². The Balaban J connectivity index is 1.74. The first kappa shape index (κ1) is 25.3. The minimum atomic E-state index is -0.928. The van der Waals surface area contributed by atoms with E-state index in [1.165, 1.54) is 22.4 Å². The summed E-state index contributed by atoms with van der Waals surface area (Å²) in [6.07, 6.45) is 0. The van der Waals surface area contributed by atoms with Gasteiger partial charge in [0.15, 0.2) is 6.54 Å². The summed E-state index contributed by atoms with van der Waals surface area (Å²) >= 11 is 0. The second kappa shape index (κ2) is 9.95. The molecule has 0 fully saturated rings. The predicted molar refractivity (Wildman–Crippen MR) is 158 cm³/mol. The Morgan fingerprint density at radius 3 is 2.15 bits per heavy atom. The summed E-state index contributed by atoms with van der Waals surface area (Å²) in [6.45, 7) is 16.3. The maximum absolute atomic E-state index is 12.4. The van der Waals surface area contributed by atoms with Crippen LogP contribution in [0.25, 0.3) is 5.57 Å². The highest BCUT2D eigenvalue weighted by Crippen LogP contribution is 2.45. The summed E-state index contributed by atoms with van der Waals surface area (Å²) in [5.41, 5.74) is 6.39. The molecule has 0 bridgehead atoms. The van der Waals surface area contributed by atoms with Crippen molar-refractivity contribution < 1.29 is 14.6 Å². The number of carboxylic acids is 1. The SMILES string of the molecule is CCN1CCN(CC)c2cc3c(cc21)Oc1cc2c(cc1=C3c1ccccc1C(=O)O)N(CC)CC[N+]=2CC. The molecule has 3 heterocycles. The normalized spacial score (nSPS) is 15.8. The molecule has 0 amide bonds. The number of rotatable bonds is 6. The van der Waals surface area contributed by atoms with Gasteiger partial charge in [0.05, 0.1) is 29.5 Å². The fourth-order valence-corrected chi connectivity index (χ4v) is 6.41. The fraction of sp³-hybridized carbons (Fsp3) is 0.375. The van der Waals surface area contributed by atoms with Gasteiger partial charge in [-0.05, 0) is 51.5 Å². The van der Waals surface area contributed by atoms with Crippen LogP contribution in [0.2, 0.25) is 0 Å². The van der Waals surface area contributed by atoms with E-state index in [0.29, 0.717) is 11.1 Å². The largest absolute Gasteiger partial charge is 0.478 e. The lowest BCUT2D eigenvalue weighted by Gasteiger charge is -2.39. The van der Waals surface area contributed by atoms with E-state index < -0.39 is 5.97 Å². The Morgan fingerprint density at radius 1 is 0.821 bits per heavy atom. The van der Waals surface area contributed by atoms with Gasteiger partial charge in [-0.25, -0.2) is 9.37 Å². The van der Waals surface area contributed by atoms with Crippen LogP contribution in [-0.4, -0.2) is 63.4 Å². The third kappa shape index (κ3) is 4.03. The first-order valence-electron chi connectivity index (χ1n) is 14.2. The molecule has 3 aliphatic heterocycles. The minimum absolute atomic E-state index is 0.298. The van der Waals surface area contributed by atoms with E-state index in [2.05, 4.69) is 71.2 Å². The van der Waals surface area contributed by atoms with Gasteiger partial charge in [-0.1, -0.05) is 18.2 Å². The molecule has 202 valence electrons. The molecule has 0 radical (unpaired) electrons. The molecular weight excluding hydrogens is 488 g/mol. The lowest BCUT2D eigenvalue weighted by molar-refractivity contribution is 0.0696. The number of aromatic carboxylic acids is 1. The molecule has 0 spiro atoms. The van der Waals surface area contributed by atoms with Crippen molar-refractivity contribution in [2.24, 2.45) is 0 Å². The second-order valence-corrected chi connectivity index (χ2v) is 10.3. The Hall–Kier alpha value is -4.00.